The van der Waals surface area contributed by atoms with Crippen LogP contribution in [-0.2, 0) is 4.79 Å². The summed E-state index contributed by atoms with van der Waals surface area (Å²) in [6.07, 6.45) is 27.7. The average molecular weight is 554 g/mol. The fourth-order valence-electron chi connectivity index (χ4n) is 4.71. The molecule has 4 atom stereocenters. The molecule has 0 spiro atoms. The van der Waals surface area contributed by atoms with Gasteiger partial charge < -0.3 is 25.7 Å². The minimum Gasteiger partial charge on any atom is -0.394 e. The minimum absolute atomic E-state index is 0.361. The lowest BCUT2D eigenvalue weighted by atomic mass is 10.00. The fraction of sp³-hybridized carbons (Fsp3) is 0.848. The Bertz CT molecular complexity index is 595. The molecule has 4 unspecified atom stereocenters. The van der Waals surface area contributed by atoms with E-state index in [2.05, 4.69) is 43.5 Å². The van der Waals surface area contributed by atoms with Crippen LogP contribution in [0.15, 0.2) is 24.3 Å². The van der Waals surface area contributed by atoms with Crippen LogP contribution in [0, 0.1) is 0 Å². The SMILES string of the molecule is CCCCCCC/C=C/CC/C=C/CCCC(O)C(O)C(CO)NC(=O)C(O)CCCCCCCCCCC. The van der Waals surface area contributed by atoms with Crippen LogP contribution in [0.1, 0.15) is 149 Å². The van der Waals surface area contributed by atoms with Crippen LogP contribution >= 0.6 is 0 Å². The molecule has 0 bridgehead atoms. The molecular formula is C33H63NO5. The summed E-state index contributed by atoms with van der Waals surface area (Å²) in [5.41, 5.74) is 0. The topological polar surface area (TPSA) is 110 Å². The number of hydrogen-bond acceptors (Lipinski definition) is 5. The molecule has 0 radical (unpaired) electrons. The molecule has 0 aromatic heterocycles. The van der Waals surface area contributed by atoms with Crippen molar-refractivity contribution in [3.63, 3.8) is 0 Å². The van der Waals surface area contributed by atoms with E-state index in [1.165, 1.54) is 77.0 Å². The van der Waals surface area contributed by atoms with Gasteiger partial charge in [-0.25, -0.2) is 0 Å². The Labute approximate surface area is 240 Å². The van der Waals surface area contributed by atoms with E-state index in [1.807, 2.05) is 0 Å². The molecule has 0 aliphatic rings. The highest BCUT2D eigenvalue weighted by atomic mass is 16.3. The van der Waals surface area contributed by atoms with Gasteiger partial charge in [-0.2, -0.15) is 0 Å². The van der Waals surface area contributed by atoms with Gasteiger partial charge in [0.25, 0.3) is 0 Å². The average Bonchev–Trinajstić information content (AvgIpc) is 2.94. The quantitative estimate of drug-likeness (QED) is 0.0535. The normalized spacial score (nSPS) is 15.1. The fourth-order valence-corrected chi connectivity index (χ4v) is 4.71. The number of unbranched alkanes of at least 4 members (excludes halogenated alkanes) is 15. The van der Waals surface area contributed by atoms with Gasteiger partial charge in [0.05, 0.1) is 18.8 Å². The smallest absolute Gasteiger partial charge is 0.249 e. The predicted octanol–water partition coefficient (Wildman–Crippen LogP) is 6.89. The monoisotopic (exact) mass is 553 g/mol. The van der Waals surface area contributed by atoms with Crippen LogP contribution in [0.5, 0.6) is 0 Å². The van der Waals surface area contributed by atoms with Gasteiger partial charge in [0.2, 0.25) is 5.91 Å². The maximum Gasteiger partial charge on any atom is 0.249 e. The van der Waals surface area contributed by atoms with Crippen molar-refractivity contribution in [2.75, 3.05) is 6.61 Å². The number of allylic oxidation sites excluding steroid dienone is 4. The lowest BCUT2D eigenvalue weighted by Gasteiger charge is -2.27. The van der Waals surface area contributed by atoms with Crippen molar-refractivity contribution < 1.29 is 25.2 Å². The number of rotatable bonds is 28. The highest BCUT2D eigenvalue weighted by molar-refractivity contribution is 5.80. The Morgan fingerprint density at radius 2 is 1.08 bits per heavy atom. The van der Waals surface area contributed by atoms with E-state index in [4.69, 9.17) is 0 Å². The second-order valence-electron chi connectivity index (χ2n) is 11.1. The Balaban J connectivity index is 3.97. The third-order valence-corrected chi connectivity index (χ3v) is 7.39. The first-order valence-corrected chi connectivity index (χ1v) is 16.2. The van der Waals surface area contributed by atoms with Crippen LogP contribution in [0.25, 0.3) is 0 Å². The molecule has 6 heteroatoms. The molecule has 1 amide bonds. The Hall–Kier alpha value is -1.21. The van der Waals surface area contributed by atoms with E-state index in [0.717, 1.165) is 38.5 Å². The molecule has 5 N–H and O–H groups in total. The molecule has 39 heavy (non-hydrogen) atoms. The minimum atomic E-state index is -1.28. The number of aliphatic hydroxyl groups is 4. The number of hydrogen-bond donors (Lipinski definition) is 5. The largest absolute Gasteiger partial charge is 0.394 e. The van der Waals surface area contributed by atoms with Crippen molar-refractivity contribution in [3.05, 3.63) is 24.3 Å². The van der Waals surface area contributed by atoms with E-state index in [9.17, 15) is 25.2 Å². The first kappa shape index (κ1) is 37.8. The molecule has 0 saturated carbocycles. The summed E-state index contributed by atoms with van der Waals surface area (Å²) in [7, 11) is 0. The molecular weight excluding hydrogens is 490 g/mol. The molecule has 0 aromatic carbocycles. The first-order chi connectivity index (χ1) is 19.0. The number of carbonyl (C=O) groups is 1. The van der Waals surface area contributed by atoms with E-state index in [-0.39, 0.29) is 0 Å². The van der Waals surface area contributed by atoms with E-state index in [1.54, 1.807) is 0 Å². The second kappa shape index (κ2) is 28.3. The van der Waals surface area contributed by atoms with E-state index >= 15 is 0 Å². The summed E-state index contributed by atoms with van der Waals surface area (Å²) >= 11 is 0. The van der Waals surface area contributed by atoms with Gasteiger partial charge in [0.1, 0.15) is 12.2 Å². The zero-order valence-electron chi connectivity index (χ0n) is 25.4. The van der Waals surface area contributed by atoms with Gasteiger partial charge in [0, 0.05) is 0 Å². The summed E-state index contributed by atoms with van der Waals surface area (Å²) in [6.45, 7) is 3.95. The van der Waals surface area contributed by atoms with E-state index in [0.29, 0.717) is 19.3 Å². The van der Waals surface area contributed by atoms with Gasteiger partial charge in [-0.05, 0) is 51.4 Å². The van der Waals surface area contributed by atoms with Crippen molar-refractivity contribution in [2.45, 2.75) is 173 Å². The molecule has 0 saturated heterocycles. The van der Waals surface area contributed by atoms with Crippen molar-refractivity contribution in [2.24, 2.45) is 0 Å². The standard InChI is InChI=1S/C33H63NO5/c1-3-5-7-9-11-13-14-15-16-17-19-20-22-24-26-30(36)32(38)29(28-35)34-33(39)31(37)27-25-23-21-18-12-10-8-6-4-2/h14-15,19-20,29-32,35-38H,3-13,16-18,21-28H2,1-2H3,(H,34,39)/b15-14+,20-19+. The first-order valence-electron chi connectivity index (χ1n) is 16.2. The molecule has 0 aliphatic heterocycles. The molecule has 0 fully saturated rings. The summed E-state index contributed by atoms with van der Waals surface area (Å²) in [5, 5.41) is 43.1. The molecule has 0 rings (SSSR count). The highest BCUT2D eigenvalue weighted by Gasteiger charge is 2.28. The number of carbonyl (C=O) groups excluding carboxylic acids is 1. The van der Waals surface area contributed by atoms with Crippen molar-refractivity contribution in [3.8, 4) is 0 Å². The van der Waals surface area contributed by atoms with Gasteiger partial charge >= 0.3 is 0 Å². The van der Waals surface area contributed by atoms with Crippen LogP contribution in [0.2, 0.25) is 0 Å². The zero-order valence-corrected chi connectivity index (χ0v) is 25.4. The Kier molecular flexibility index (Phi) is 27.4. The molecule has 0 aromatic rings. The van der Waals surface area contributed by atoms with Crippen molar-refractivity contribution >= 4 is 5.91 Å². The number of amides is 1. The third kappa shape index (κ3) is 23.2. The van der Waals surface area contributed by atoms with Gasteiger partial charge in [0.15, 0.2) is 0 Å². The van der Waals surface area contributed by atoms with Crippen LogP contribution in [-0.4, -0.2) is 57.3 Å². The van der Waals surface area contributed by atoms with Crippen molar-refractivity contribution in [1.29, 1.82) is 0 Å². The van der Waals surface area contributed by atoms with E-state index < -0.39 is 36.9 Å². The highest BCUT2D eigenvalue weighted by Crippen LogP contribution is 2.13. The van der Waals surface area contributed by atoms with Crippen LogP contribution in [0.3, 0.4) is 0 Å². The molecule has 0 heterocycles. The predicted molar refractivity (Wildman–Crippen MR) is 164 cm³/mol. The summed E-state index contributed by atoms with van der Waals surface area (Å²) in [4.78, 5) is 12.3. The number of aliphatic hydroxyl groups excluding tert-OH is 4. The summed E-state index contributed by atoms with van der Waals surface area (Å²) < 4.78 is 0. The third-order valence-electron chi connectivity index (χ3n) is 7.39. The Morgan fingerprint density at radius 1 is 0.615 bits per heavy atom. The number of nitrogens with one attached hydrogen (secondary N) is 1. The van der Waals surface area contributed by atoms with Gasteiger partial charge in [-0.1, -0.05) is 122 Å². The summed E-state index contributed by atoms with van der Waals surface area (Å²) in [6, 6.07) is -1.00. The second-order valence-corrected chi connectivity index (χ2v) is 11.1. The summed E-state index contributed by atoms with van der Waals surface area (Å²) in [5.74, 6) is -0.603. The van der Waals surface area contributed by atoms with Gasteiger partial charge in [-0.15, -0.1) is 0 Å². The molecule has 6 nitrogen and oxygen atoms in total. The maximum atomic E-state index is 12.3. The van der Waals surface area contributed by atoms with Crippen LogP contribution < -0.4 is 5.32 Å². The Morgan fingerprint density at radius 3 is 1.62 bits per heavy atom. The van der Waals surface area contributed by atoms with Crippen LogP contribution in [0.4, 0.5) is 0 Å². The lowest BCUT2D eigenvalue weighted by Crippen LogP contribution is -2.53. The zero-order chi connectivity index (χ0) is 29.0. The van der Waals surface area contributed by atoms with Gasteiger partial charge in [-0.3, -0.25) is 4.79 Å². The van der Waals surface area contributed by atoms with Crippen molar-refractivity contribution in [1.82, 2.24) is 5.32 Å². The molecule has 0 aliphatic carbocycles. The maximum absolute atomic E-state index is 12.3. The molecule has 230 valence electrons. The lowest BCUT2D eigenvalue weighted by molar-refractivity contribution is -0.132.